The van der Waals surface area contributed by atoms with E-state index in [2.05, 4.69) is 20.9 Å². The summed E-state index contributed by atoms with van der Waals surface area (Å²) in [5.74, 6) is -3.12. The maximum atomic E-state index is 13.0. The summed E-state index contributed by atoms with van der Waals surface area (Å²) in [5.41, 5.74) is 8.67. The molecule has 0 aliphatic carbocycles. The Balaban J connectivity index is 1.55. The van der Waals surface area contributed by atoms with E-state index in [0.717, 1.165) is 22.0 Å². The molecule has 0 bridgehead atoms. The normalized spacial score (nSPS) is 14.2. The molecule has 0 fully saturated rings. The molecule has 1 heterocycles. The molecule has 3 amide bonds. The van der Waals surface area contributed by atoms with Crippen LogP contribution in [-0.4, -0.2) is 58.5 Å². The van der Waals surface area contributed by atoms with Gasteiger partial charge < -0.3 is 31.8 Å². The zero-order valence-corrected chi connectivity index (χ0v) is 21.6. The molecule has 202 valence electrons. The van der Waals surface area contributed by atoms with Crippen molar-refractivity contribution in [2.45, 2.75) is 51.2 Å². The van der Waals surface area contributed by atoms with E-state index in [1.807, 2.05) is 43.5 Å². The number of carboxylic acid groups (broad SMARTS) is 1. The highest BCUT2D eigenvalue weighted by atomic mass is 16.4. The Kier molecular flexibility index (Phi) is 10.0. The van der Waals surface area contributed by atoms with E-state index < -0.39 is 41.8 Å². The van der Waals surface area contributed by atoms with E-state index in [0.29, 0.717) is 6.42 Å². The zero-order valence-electron chi connectivity index (χ0n) is 21.6. The third kappa shape index (κ3) is 7.66. The Morgan fingerprint density at radius 3 is 2.32 bits per heavy atom. The van der Waals surface area contributed by atoms with Crippen LogP contribution in [0.1, 0.15) is 31.4 Å². The number of aromatic nitrogens is 1. The quantitative estimate of drug-likeness (QED) is 0.199. The Hall–Kier alpha value is -4.18. The second-order valence-corrected chi connectivity index (χ2v) is 9.41. The highest BCUT2D eigenvalue weighted by Gasteiger charge is 2.30. The van der Waals surface area contributed by atoms with Crippen molar-refractivity contribution in [2.24, 2.45) is 11.7 Å². The van der Waals surface area contributed by atoms with Gasteiger partial charge in [-0.25, -0.2) is 4.79 Å². The minimum absolute atomic E-state index is 0.105. The van der Waals surface area contributed by atoms with Crippen molar-refractivity contribution >= 4 is 34.6 Å². The van der Waals surface area contributed by atoms with E-state index in [4.69, 9.17) is 5.73 Å². The number of rotatable bonds is 13. The van der Waals surface area contributed by atoms with Crippen LogP contribution in [0.15, 0.2) is 60.8 Å². The lowest BCUT2D eigenvalue weighted by atomic mass is 9.97. The van der Waals surface area contributed by atoms with Crippen molar-refractivity contribution in [3.63, 3.8) is 0 Å². The third-order valence-electron chi connectivity index (χ3n) is 6.58. The summed E-state index contributed by atoms with van der Waals surface area (Å²) in [5, 5.41) is 18.3. The molecular weight excluding hydrogens is 486 g/mol. The number of fused-ring (bicyclic) bond motifs is 1. The van der Waals surface area contributed by atoms with Gasteiger partial charge in [0.1, 0.15) is 12.1 Å². The van der Waals surface area contributed by atoms with Gasteiger partial charge in [0.05, 0.1) is 12.6 Å². The molecule has 10 heteroatoms. The highest BCUT2D eigenvalue weighted by Crippen LogP contribution is 2.18. The number of aliphatic carboxylic acids is 1. The van der Waals surface area contributed by atoms with Crippen LogP contribution in [0.25, 0.3) is 10.9 Å². The summed E-state index contributed by atoms with van der Waals surface area (Å²) in [6.45, 7) is 3.28. The fourth-order valence-electron chi connectivity index (χ4n) is 4.17. The molecule has 0 aliphatic heterocycles. The predicted octanol–water partition coefficient (Wildman–Crippen LogP) is 1.50. The molecule has 3 aromatic rings. The van der Waals surface area contributed by atoms with E-state index in [1.165, 1.54) is 0 Å². The van der Waals surface area contributed by atoms with Gasteiger partial charge in [-0.05, 0) is 29.5 Å². The van der Waals surface area contributed by atoms with Gasteiger partial charge >= 0.3 is 5.97 Å². The summed E-state index contributed by atoms with van der Waals surface area (Å²) in [7, 11) is 0. The van der Waals surface area contributed by atoms with Crippen LogP contribution in [0.2, 0.25) is 0 Å². The van der Waals surface area contributed by atoms with Gasteiger partial charge in [0, 0.05) is 23.5 Å². The van der Waals surface area contributed by atoms with Crippen molar-refractivity contribution < 1.29 is 24.3 Å². The Labute approximate surface area is 221 Å². The van der Waals surface area contributed by atoms with Crippen molar-refractivity contribution in [3.05, 3.63) is 71.9 Å². The standard InChI is InChI=1S/C28H35N5O5/c1-3-17(2)25(27(36)32-23(28(37)38)13-18-9-5-4-6-10-18)33-24(34)16-31-26(35)21(29)14-19-15-30-22-12-8-7-11-20(19)22/h4-12,15,17,21,23,25,30H,3,13-14,16,29H2,1-2H3,(H,31,35)(H,32,36)(H,33,34)(H,37,38). The second-order valence-electron chi connectivity index (χ2n) is 9.41. The van der Waals surface area contributed by atoms with E-state index in [9.17, 15) is 24.3 Å². The van der Waals surface area contributed by atoms with Crippen LogP contribution >= 0.6 is 0 Å². The van der Waals surface area contributed by atoms with Crippen LogP contribution in [0.3, 0.4) is 0 Å². The van der Waals surface area contributed by atoms with Crippen LogP contribution in [0.4, 0.5) is 0 Å². The highest BCUT2D eigenvalue weighted by molar-refractivity contribution is 5.93. The molecule has 38 heavy (non-hydrogen) atoms. The summed E-state index contributed by atoms with van der Waals surface area (Å²) in [6.07, 6.45) is 2.76. The molecule has 0 saturated heterocycles. The lowest BCUT2D eigenvalue weighted by Crippen LogP contribution is -2.56. The number of para-hydroxylation sites is 1. The molecule has 0 aliphatic rings. The maximum absolute atomic E-state index is 13.0. The molecule has 2 aromatic carbocycles. The summed E-state index contributed by atoms with van der Waals surface area (Å²) in [6, 6.07) is 13.6. The van der Waals surface area contributed by atoms with Crippen LogP contribution in [0.5, 0.6) is 0 Å². The first-order valence-electron chi connectivity index (χ1n) is 12.6. The topological polar surface area (TPSA) is 166 Å². The van der Waals surface area contributed by atoms with Gasteiger partial charge in [-0.15, -0.1) is 0 Å². The fourth-order valence-corrected chi connectivity index (χ4v) is 4.17. The Bertz CT molecular complexity index is 1260. The average molecular weight is 522 g/mol. The molecule has 0 spiro atoms. The SMILES string of the molecule is CCC(C)C(NC(=O)CNC(=O)C(N)Cc1c[nH]c2ccccc12)C(=O)NC(Cc1ccccc1)C(=O)O. The first-order chi connectivity index (χ1) is 18.2. The Morgan fingerprint density at radius 1 is 0.947 bits per heavy atom. The fraction of sp³-hybridized carbons (Fsp3) is 0.357. The summed E-state index contributed by atoms with van der Waals surface area (Å²) in [4.78, 5) is 53.1. The molecule has 3 rings (SSSR count). The largest absolute Gasteiger partial charge is 0.480 e. The molecule has 10 nitrogen and oxygen atoms in total. The van der Waals surface area contributed by atoms with E-state index in [-0.39, 0.29) is 25.3 Å². The second kappa shape index (κ2) is 13.4. The van der Waals surface area contributed by atoms with Crippen molar-refractivity contribution in [1.29, 1.82) is 0 Å². The maximum Gasteiger partial charge on any atom is 0.326 e. The van der Waals surface area contributed by atoms with Gasteiger partial charge in [-0.2, -0.15) is 0 Å². The number of benzene rings is 2. The minimum atomic E-state index is -1.17. The molecule has 0 saturated carbocycles. The van der Waals surface area contributed by atoms with Gasteiger partial charge in [-0.1, -0.05) is 68.8 Å². The number of H-pyrrole nitrogens is 1. The van der Waals surface area contributed by atoms with Crippen molar-refractivity contribution in [1.82, 2.24) is 20.9 Å². The molecule has 4 atom stereocenters. The minimum Gasteiger partial charge on any atom is -0.480 e. The number of carboxylic acids is 1. The smallest absolute Gasteiger partial charge is 0.326 e. The average Bonchev–Trinajstić information content (AvgIpc) is 3.32. The van der Waals surface area contributed by atoms with Crippen molar-refractivity contribution in [3.8, 4) is 0 Å². The monoisotopic (exact) mass is 521 g/mol. The first-order valence-corrected chi connectivity index (χ1v) is 12.6. The van der Waals surface area contributed by atoms with E-state index in [1.54, 1.807) is 31.2 Å². The number of hydrogen-bond donors (Lipinski definition) is 6. The molecule has 4 unspecified atom stereocenters. The lowest BCUT2D eigenvalue weighted by molar-refractivity contribution is -0.142. The van der Waals surface area contributed by atoms with E-state index >= 15 is 0 Å². The first kappa shape index (κ1) is 28.4. The van der Waals surface area contributed by atoms with Gasteiger partial charge in [0.25, 0.3) is 0 Å². The predicted molar refractivity (Wildman–Crippen MR) is 144 cm³/mol. The number of carbonyl (C=O) groups excluding carboxylic acids is 3. The Morgan fingerprint density at radius 2 is 1.63 bits per heavy atom. The van der Waals surface area contributed by atoms with Gasteiger partial charge in [-0.3, -0.25) is 14.4 Å². The summed E-state index contributed by atoms with van der Waals surface area (Å²) >= 11 is 0. The van der Waals surface area contributed by atoms with Gasteiger partial charge in [0.2, 0.25) is 17.7 Å². The number of nitrogens with two attached hydrogens (primary N) is 1. The number of hydrogen-bond acceptors (Lipinski definition) is 5. The number of carbonyl (C=O) groups is 4. The third-order valence-corrected chi connectivity index (χ3v) is 6.58. The zero-order chi connectivity index (χ0) is 27.7. The number of amides is 3. The van der Waals surface area contributed by atoms with Crippen LogP contribution < -0.4 is 21.7 Å². The molecular formula is C28H35N5O5. The number of aromatic amines is 1. The molecule has 0 radical (unpaired) electrons. The number of nitrogens with one attached hydrogen (secondary N) is 4. The molecule has 7 N–H and O–H groups in total. The van der Waals surface area contributed by atoms with Gasteiger partial charge in [0.15, 0.2) is 0 Å². The molecule has 1 aromatic heterocycles. The summed E-state index contributed by atoms with van der Waals surface area (Å²) < 4.78 is 0. The van der Waals surface area contributed by atoms with Crippen molar-refractivity contribution in [2.75, 3.05) is 6.54 Å². The van der Waals surface area contributed by atoms with Crippen LogP contribution in [0, 0.1) is 5.92 Å². The lowest BCUT2D eigenvalue weighted by Gasteiger charge is -2.25. The van der Waals surface area contributed by atoms with Crippen LogP contribution in [-0.2, 0) is 32.0 Å².